The van der Waals surface area contributed by atoms with Crippen LogP contribution in [0.4, 0.5) is 20.2 Å². The molecule has 7 nitrogen and oxygen atoms in total. The average molecular weight is 476 g/mol. The van der Waals surface area contributed by atoms with Gasteiger partial charge in [-0.15, -0.1) is 0 Å². The molecule has 0 spiro atoms. The molecule has 1 amide bonds. The topological polar surface area (TPSA) is 95.2 Å². The Morgan fingerprint density at radius 2 is 1.80 bits per heavy atom. The minimum absolute atomic E-state index is 0.0373. The zero-order valence-electron chi connectivity index (χ0n) is 18.9. The van der Waals surface area contributed by atoms with Gasteiger partial charge in [-0.25, -0.2) is 8.78 Å². The zero-order valence-corrected chi connectivity index (χ0v) is 18.9. The van der Waals surface area contributed by atoms with Crippen LogP contribution in [0.25, 0.3) is 0 Å². The van der Waals surface area contributed by atoms with Crippen molar-refractivity contribution < 1.29 is 18.4 Å². The summed E-state index contributed by atoms with van der Waals surface area (Å²) >= 11 is 0. The Hall–Kier alpha value is -4.32. The first kappa shape index (κ1) is 23.8. The molecule has 0 saturated carbocycles. The molecule has 0 atom stereocenters. The molecule has 2 aromatic carbocycles. The number of amides is 1. The van der Waals surface area contributed by atoms with Crippen molar-refractivity contribution in [2.75, 3.05) is 23.3 Å². The first-order valence-electron chi connectivity index (χ1n) is 11.0. The quantitative estimate of drug-likeness (QED) is 0.564. The Balaban J connectivity index is 1.54. The molecule has 1 aromatic heterocycles. The second-order valence-electron chi connectivity index (χ2n) is 8.39. The van der Waals surface area contributed by atoms with Crippen molar-refractivity contribution in [2.45, 2.75) is 12.8 Å². The molecule has 0 bridgehead atoms. The van der Waals surface area contributed by atoms with Gasteiger partial charge in [0.25, 0.3) is 11.5 Å². The second-order valence-corrected chi connectivity index (χ2v) is 8.39. The number of pyridine rings is 1. The van der Waals surface area contributed by atoms with Crippen molar-refractivity contribution in [3.8, 4) is 6.07 Å². The van der Waals surface area contributed by atoms with Crippen LogP contribution in [0.3, 0.4) is 0 Å². The normalized spacial score (nSPS) is 13.8. The van der Waals surface area contributed by atoms with Gasteiger partial charge in [0, 0.05) is 32.3 Å². The summed E-state index contributed by atoms with van der Waals surface area (Å²) in [6.45, 7) is 0.852. The second kappa shape index (κ2) is 9.89. The van der Waals surface area contributed by atoms with E-state index in [1.54, 1.807) is 31.4 Å². The van der Waals surface area contributed by atoms with Gasteiger partial charge in [0.2, 0.25) is 0 Å². The standard InChI is InChI=1S/C26H22F2N4O3/c1-31-10-2-3-19(26(31)35)25(34)30-22-13-16(15-29)4-7-23(22)32-11-8-17(9-12-32)24(33)20-14-18(27)5-6-21(20)28/h2-7,10,13-14,17H,8-9,11-12H2,1H3,(H,30,34). The van der Waals surface area contributed by atoms with Gasteiger partial charge in [-0.2, -0.15) is 5.26 Å². The molecule has 9 heteroatoms. The highest BCUT2D eigenvalue weighted by molar-refractivity contribution is 6.06. The lowest BCUT2D eigenvalue weighted by Crippen LogP contribution is -2.37. The van der Waals surface area contributed by atoms with Crippen molar-refractivity contribution in [3.05, 3.63) is 93.4 Å². The fraction of sp³-hybridized carbons (Fsp3) is 0.231. The van der Waals surface area contributed by atoms with Crippen LogP contribution in [0, 0.1) is 28.9 Å². The maximum absolute atomic E-state index is 14.1. The molecule has 35 heavy (non-hydrogen) atoms. The van der Waals surface area contributed by atoms with Gasteiger partial charge in [-0.3, -0.25) is 14.4 Å². The number of nitrogens with zero attached hydrogens (tertiary/aromatic N) is 3. The van der Waals surface area contributed by atoms with E-state index in [0.717, 1.165) is 18.2 Å². The number of anilines is 2. The number of piperidine rings is 1. The zero-order chi connectivity index (χ0) is 25.1. The van der Waals surface area contributed by atoms with Gasteiger partial charge in [-0.1, -0.05) is 0 Å². The number of halogens is 2. The molecule has 1 aliphatic heterocycles. The van der Waals surface area contributed by atoms with Crippen LogP contribution in [-0.2, 0) is 7.05 Å². The maximum Gasteiger partial charge on any atom is 0.263 e. The Kier molecular flexibility index (Phi) is 6.73. The highest BCUT2D eigenvalue weighted by Gasteiger charge is 2.29. The molecule has 178 valence electrons. The number of hydrogen-bond donors (Lipinski definition) is 1. The van der Waals surface area contributed by atoms with Crippen LogP contribution >= 0.6 is 0 Å². The van der Waals surface area contributed by atoms with Crippen LogP contribution in [0.1, 0.15) is 39.1 Å². The predicted octanol–water partition coefficient (Wildman–Crippen LogP) is 3.89. The lowest BCUT2D eigenvalue weighted by Gasteiger charge is -2.34. The molecule has 0 unspecified atom stereocenters. The fourth-order valence-corrected chi connectivity index (χ4v) is 4.23. The number of nitrogens with one attached hydrogen (secondary N) is 1. The Morgan fingerprint density at radius 1 is 1.06 bits per heavy atom. The summed E-state index contributed by atoms with van der Waals surface area (Å²) < 4.78 is 28.9. The lowest BCUT2D eigenvalue weighted by molar-refractivity contribution is 0.0895. The molecule has 1 fully saturated rings. The van der Waals surface area contributed by atoms with E-state index in [2.05, 4.69) is 5.32 Å². The van der Waals surface area contributed by atoms with E-state index in [0.29, 0.717) is 42.9 Å². The number of hydrogen-bond acceptors (Lipinski definition) is 5. The summed E-state index contributed by atoms with van der Waals surface area (Å²) in [6, 6.07) is 12.7. The van der Waals surface area contributed by atoms with E-state index in [9.17, 15) is 28.4 Å². The van der Waals surface area contributed by atoms with Crippen LogP contribution < -0.4 is 15.8 Å². The first-order valence-corrected chi connectivity index (χ1v) is 11.0. The average Bonchev–Trinajstić information content (AvgIpc) is 2.86. The van der Waals surface area contributed by atoms with E-state index >= 15 is 0 Å². The molecule has 1 saturated heterocycles. The molecule has 0 radical (unpaired) electrons. The molecule has 4 rings (SSSR count). The third-order valence-electron chi connectivity index (χ3n) is 6.14. The van der Waals surface area contributed by atoms with Crippen LogP contribution in [-0.4, -0.2) is 29.3 Å². The number of carbonyl (C=O) groups is 2. The Morgan fingerprint density at radius 3 is 2.51 bits per heavy atom. The summed E-state index contributed by atoms with van der Waals surface area (Å²) in [6.07, 6.45) is 2.35. The molecule has 1 aliphatic rings. The summed E-state index contributed by atoms with van der Waals surface area (Å²) in [5.74, 6) is -2.92. The van der Waals surface area contributed by atoms with Gasteiger partial charge >= 0.3 is 0 Å². The van der Waals surface area contributed by atoms with E-state index < -0.39 is 34.8 Å². The number of nitriles is 1. The lowest BCUT2D eigenvalue weighted by atomic mass is 9.88. The minimum Gasteiger partial charge on any atom is -0.370 e. The third-order valence-corrected chi connectivity index (χ3v) is 6.14. The molecule has 2 heterocycles. The number of benzene rings is 2. The molecular weight excluding hydrogens is 454 g/mol. The number of ketones is 1. The molecule has 0 aliphatic carbocycles. The van der Waals surface area contributed by atoms with Gasteiger partial charge in [0.05, 0.1) is 28.6 Å². The summed E-state index contributed by atoms with van der Waals surface area (Å²) in [4.78, 5) is 39.9. The summed E-state index contributed by atoms with van der Waals surface area (Å²) in [7, 11) is 1.54. The third kappa shape index (κ3) is 4.96. The first-order chi connectivity index (χ1) is 16.8. The smallest absolute Gasteiger partial charge is 0.263 e. The van der Waals surface area contributed by atoms with Crippen molar-refractivity contribution in [2.24, 2.45) is 13.0 Å². The largest absolute Gasteiger partial charge is 0.370 e. The van der Waals surface area contributed by atoms with Crippen LogP contribution in [0.15, 0.2) is 59.5 Å². The van der Waals surface area contributed by atoms with E-state index in [4.69, 9.17) is 0 Å². The number of aryl methyl sites for hydroxylation is 1. The number of Topliss-reactive ketones (excluding diaryl/α,β-unsaturated/α-hetero) is 1. The minimum atomic E-state index is -0.747. The fourth-order valence-electron chi connectivity index (χ4n) is 4.23. The van der Waals surface area contributed by atoms with Gasteiger partial charge in [0.1, 0.15) is 17.2 Å². The van der Waals surface area contributed by atoms with E-state index in [-0.39, 0.29) is 11.1 Å². The van der Waals surface area contributed by atoms with Gasteiger partial charge in [0.15, 0.2) is 5.78 Å². The SMILES string of the molecule is Cn1cccc(C(=O)Nc2cc(C#N)ccc2N2CCC(C(=O)c3cc(F)ccc3F)CC2)c1=O. The van der Waals surface area contributed by atoms with Gasteiger partial charge in [-0.05, 0) is 61.4 Å². The maximum atomic E-state index is 14.1. The monoisotopic (exact) mass is 476 g/mol. The van der Waals surface area contributed by atoms with E-state index in [1.807, 2.05) is 11.0 Å². The van der Waals surface area contributed by atoms with Crippen molar-refractivity contribution in [1.29, 1.82) is 5.26 Å². The number of rotatable bonds is 5. The molecule has 3 aromatic rings. The predicted molar refractivity (Wildman–Crippen MR) is 126 cm³/mol. The number of carbonyl (C=O) groups excluding carboxylic acids is 2. The van der Waals surface area contributed by atoms with Crippen LogP contribution in [0.5, 0.6) is 0 Å². The highest BCUT2D eigenvalue weighted by Crippen LogP contribution is 2.32. The Labute approximate surface area is 200 Å². The number of aromatic nitrogens is 1. The van der Waals surface area contributed by atoms with Crippen molar-refractivity contribution in [3.63, 3.8) is 0 Å². The van der Waals surface area contributed by atoms with Crippen molar-refractivity contribution in [1.82, 2.24) is 4.57 Å². The van der Waals surface area contributed by atoms with Crippen molar-refractivity contribution >= 4 is 23.1 Å². The summed E-state index contributed by atoms with van der Waals surface area (Å²) in [5.41, 5.74) is 0.585. The summed E-state index contributed by atoms with van der Waals surface area (Å²) in [5, 5.41) is 12.1. The molecule has 1 N–H and O–H groups in total. The van der Waals surface area contributed by atoms with Crippen LogP contribution in [0.2, 0.25) is 0 Å². The van der Waals surface area contributed by atoms with Gasteiger partial charge < -0.3 is 14.8 Å². The molecular formula is C26H22F2N4O3. The Bertz CT molecular complexity index is 1400. The highest BCUT2D eigenvalue weighted by atomic mass is 19.1. The van der Waals surface area contributed by atoms with E-state index in [1.165, 1.54) is 16.7 Å².